The molecule has 0 aromatic rings. The van der Waals surface area contributed by atoms with Crippen LogP contribution in [0.5, 0.6) is 0 Å². The lowest BCUT2D eigenvalue weighted by Crippen LogP contribution is -2.42. The highest BCUT2D eigenvalue weighted by Gasteiger charge is 2.30. The molecule has 3 heteroatoms. The van der Waals surface area contributed by atoms with E-state index in [0.717, 1.165) is 45.4 Å². The van der Waals surface area contributed by atoms with Crippen molar-refractivity contribution < 1.29 is 9.84 Å². The number of hydrogen-bond acceptors (Lipinski definition) is 3. The summed E-state index contributed by atoms with van der Waals surface area (Å²) in [7, 11) is 0. The minimum Gasteiger partial charge on any atom is -0.390 e. The predicted octanol–water partition coefficient (Wildman–Crippen LogP) is 2.09. The fourth-order valence-corrected chi connectivity index (χ4v) is 3.28. The van der Waals surface area contributed by atoms with Crippen molar-refractivity contribution in [3.63, 3.8) is 0 Å². The molecule has 2 rings (SSSR count). The Kier molecular flexibility index (Phi) is 4.83. The van der Waals surface area contributed by atoms with Crippen molar-refractivity contribution in [3.05, 3.63) is 0 Å². The zero-order valence-corrected chi connectivity index (χ0v) is 11.1. The molecule has 100 valence electrons. The lowest BCUT2D eigenvalue weighted by atomic mass is 9.82. The Morgan fingerprint density at radius 3 is 2.59 bits per heavy atom. The first-order chi connectivity index (χ1) is 8.16. The van der Waals surface area contributed by atoms with E-state index in [1.54, 1.807) is 0 Å². The summed E-state index contributed by atoms with van der Waals surface area (Å²) in [6.07, 6.45) is 7.91. The summed E-state index contributed by atoms with van der Waals surface area (Å²) in [6.45, 7) is 4.89. The Morgan fingerprint density at radius 2 is 1.94 bits per heavy atom. The van der Waals surface area contributed by atoms with Crippen molar-refractivity contribution in [2.75, 3.05) is 19.8 Å². The molecule has 2 fully saturated rings. The van der Waals surface area contributed by atoms with Crippen LogP contribution in [0.1, 0.15) is 51.9 Å². The quantitative estimate of drug-likeness (QED) is 0.792. The number of aliphatic hydroxyl groups is 1. The topological polar surface area (TPSA) is 41.5 Å². The molecule has 0 spiro atoms. The van der Waals surface area contributed by atoms with Crippen LogP contribution in [0.25, 0.3) is 0 Å². The summed E-state index contributed by atoms with van der Waals surface area (Å²) in [5.41, 5.74) is -0.503. The average Bonchev–Trinajstić information content (AvgIpc) is 2.30. The van der Waals surface area contributed by atoms with Crippen molar-refractivity contribution in [2.24, 2.45) is 5.92 Å². The van der Waals surface area contributed by atoms with Crippen LogP contribution < -0.4 is 5.32 Å². The monoisotopic (exact) mass is 241 g/mol. The zero-order chi connectivity index (χ0) is 12.1. The third kappa shape index (κ3) is 4.57. The van der Waals surface area contributed by atoms with Gasteiger partial charge >= 0.3 is 0 Å². The number of piperidine rings is 1. The number of ether oxygens (including phenoxy) is 1. The number of nitrogens with one attached hydrogen (secondary N) is 1. The van der Waals surface area contributed by atoms with Gasteiger partial charge in [-0.25, -0.2) is 0 Å². The van der Waals surface area contributed by atoms with Gasteiger partial charge in [0, 0.05) is 19.3 Å². The summed E-state index contributed by atoms with van der Waals surface area (Å²) >= 11 is 0. The Balaban J connectivity index is 1.75. The second-order valence-electron chi connectivity index (χ2n) is 6.11. The van der Waals surface area contributed by atoms with Gasteiger partial charge in [0.25, 0.3) is 0 Å². The van der Waals surface area contributed by atoms with E-state index < -0.39 is 5.60 Å². The van der Waals surface area contributed by atoms with Crippen molar-refractivity contribution in [3.8, 4) is 0 Å². The van der Waals surface area contributed by atoms with E-state index in [1.807, 2.05) is 6.92 Å². The summed E-state index contributed by atoms with van der Waals surface area (Å²) in [6, 6.07) is 0.526. The van der Waals surface area contributed by atoms with Gasteiger partial charge in [-0.05, 0) is 57.9 Å². The minimum absolute atomic E-state index is 0.503. The largest absolute Gasteiger partial charge is 0.390 e. The third-order valence-electron chi connectivity index (χ3n) is 4.17. The van der Waals surface area contributed by atoms with Gasteiger partial charge in [0.2, 0.25) is 0 Å². The fraction of sp³-hybridized carbons (Fsp3) is 1.00. The van der Waals surface area contributed by atoms with Crippen molar-refractivity contribution in [1.29, 1.82) is 0 Å². The van der Waals surface area contributed by atoms with E-state index >= 15 is 0 Å². The van der Waals surface area contributed by atoms with Crippen LogP contribution in [0.15, 0.2) is 0 Å². The Hall–Kier alpha value is -0.120. The molecule has 0 bridgehead atoms. The molecule has 0 amide bonds. The summed E-state index contributed by atoms with van der Waals surface area (Å²) in [4.78, 5) is 0. The van der Waals surface area contributed by atoms with Crippen LogP contribution in [0.4, 0.5) is 0 Å². The first-order valence-electron chi connectivity index (χ1n) is 7.19. The van der Waals surface area contributed by atoms with Gasteiger partial charge in [0.05, 0.1) is 5.60 Å². The molecule has 2 atom stereocenters. The van der Waals surface area contributed by atoms with E-state index in [0.29, 0.717) is 12.0 Å². The first-order valence-corrected chi connectivity index (χ1v) is 7.19. The highest BCUT2D eigenvalue weighted by atomic mass is 16.5. The molecule has 2 aliphatic heterocycles. The van der Waals surface area contributed by atoms with Gasteiger partial charge in [-0.1, -0.05) is 6.42 Å². The molecule has 0 saturated carbocycles. The molecule has 2 unspecified atom stereocenters. The Morgan fingerprint density at radius 1 is 1.18 bits per heavy atom. The van der Waals surface area contributed by atoms with Crippen LogP contribution in [0.3, 0.4) is 0 Å². The molecule has 3 nitrogen and oxygen atoms in total. The van der Waals surface area contributed by atoms with Crippen LogP contribution in [-0.4, -0.2) is 36.5 Å². The molecule has 0 radical (unpaired) electrons. The van der Waals surface area contributed by atoms with Gasteiger partial charge < -0.3 is 15.2 Å². The van der Waals surface area contributed by atoms with Gasteiger partial charge in [-0.15, -0.1) is 0 Å². The van der Waals surface area contributed by atoms with Crippen molar-refractivity contribution >= 4 is 0 Å². The Labute approximate surface area is 105 Å². The molecule has 2 saturated heterocycles. The second kappa shape index (κ2) is 6.17. The van der Waals surface area contributed by atoms with Crippen LogP contribution in [0.2, 0.25) is 0 Å². The highest BCUT2D eigenvalue weighted by Crippen LogP contribution is 2.29. The van der Waals surface area contributed by atoms with Crippen molar-refractivity contribution in [2.45, 2.75) is 63.5 Å². The molecule has 17 heavy (non-hydrogen) atoms. The van der Waals surface area contributed by atoms with E-state index in [2.05, 4.69) is 5.32 Å². The third-order valence-corrected chi connectivity index (χ3v) is 4.17. The molecule has 0 aromatic carbocycles. The minimum atomic E-state index is -0.503. The van der Waals surface area contributed by atoms with Crippen molar-refractivity contribution in [1.82, 2.24) is 5.32 Å². The lowest BCUT2D eigenvalue weighted by molar-refractivity contribution is -0.0124. The van der Waals surface area contributed by atoms with E-state index in [-0.39, 0.29) is 0 Å². The van der Waals surface area contributed by atoms with E-state index in [1.165, 1.54) is 19.3 Å². The average molecular weight is 241 g/mol. The highest BCUT2D eigenvalue weighted by molar-refractivity contribution is 4.85. The summed E-state index contributed by atoms with van der Waals surface area (Å²) < 4.78 is 5.37. The zero-order valence-electron chi connectivity index (χ0n) is 11.1. The molecular formula is C14H27NO2. The smallest absolute Gasteiger partial charge is 0.0637 e. The van der Waals surface area contributed by atoms with Crippen LogP contribution in [-0.2, 0) is 4.74 Å². The van der Waals surface area contributed by atoms with Crippen LogP contribution in [0, 0.1) is 5.92 Å². The van der Waals surface area contributed by atoms with Gasteiger partial charge in [0.15, 0.2) is 0 Å². The van der Waals surface area contributed by atoms with Gasteiger partial charge in [-0.2, -0.15) is 0 Å². The number of rotatable bonds is 4. The Bertz CT molecular complexity index is 196. The molecule has 0 aromatic heterocycles. The number of hydrogen-bond donors (Lipinski definition) is 2. The standard InChI is InChI=1S/C14H27NO2/c1-14(16,10-12-5-8-17-9-6-12)11-13-4-2-3-7-15-13/h12-13,15-16H,2-11H2,1H3. The predicted molar refractivity (Wildman–Crippen MR) is 69.0 cm³/mol. The van der Waals surface area contributed by atoms with Gasteiger partial charge in [0.1, 0.15) is 0 Å². The van der Waals surface area contributed by atoms with Gasteiger partial charge in [-0.3, -0.25) is 0 Å². The molecule has 2 aliphatic rings. The van der Waals surface area contributed by atoms with E-state index in [9.17, 15) is 5.11 Å². The first kappa shape index (κ1) is 13.3. The fourth-order valence-electron chi connectivity index (χ4n) is 3.28. The normalized spacial score (nSPS) is 31.1. The second-order valence-corrected chi connectivity index (χ2v) is 6.11. The lowest BCUT2D eigenvalue weighted by Gasteiger charge is -2.35. The van der Waals surface area contributed by atoms with E-state index in [4.69, 9.17) is 4.74 Å². The maximum Gasteiger partial charge on any atom is 0.0637 e. The molecule has 2 heterocycles. The SMILES string of the molecule is CC(O)(CC1CCOCC1)CC1CCCCN1. The van der Waals surface area contributed by atoms with Crippen LogP contribution >= 0.6 is 0 Å². The molecule has 0 aliphatic carbocycles. The maximum absolute atomic E-state index is 10.5. The molecule has 2 N–H and O–H groups in total. The maximum atomic E-state index is 10.5. The molecular weight excluding hydrogens is 214 g/mol. The summed E-state index contributed by atoms with van der Waals surface area (Å²) in [5.74, 6) is 0.655. The summed E-state index contributed by atoms with van der Waals surface area (Å²) in [5, 5.41) is 14.1.